The topological polar surface area (TPSA) is 20.3 Å². The van der Waals surface area contributed by atoms with Gasteiger partial charge < -0.3 is 4.90 Å². The highest BCUT2D eigenvalue weighted by atomic mass is 32.2. The minimum absolute atomic E-state index is 0.282. The zero-order valence-corrected chi connectivity index (χ0v) is 10.4. The van der Waals surface area contributed by atoms with E-state index in [9.17, 15) is 4.79 Å². The molecule has 0 radical (unpaired) electrons. The predicted octanol–water partition coefficient (Wildman–Crippen LogP) is 2.53. The molecular weight excluding hydrogens is 206 g/mol. The number of thioether (sulfide) groups is 1. The molecule has 2 atom stereocenters. The summed E-state index contributed by atoms with van der Waals surface area (Å²) in [4.78, 5) is 14.3. The Morgan fingerprint density at radius 1 is 1.27 bits per heavy atom. The first-order valence-electron chi connectivity index (χ1n) is 6.18. The number of nitrogens with zero attached hydrogens (tertiary/aromatic N) is 1. The van der Waals surface area contributed by atoms with Gasteiger partial charge in [0.25, 0.3) is 0 Å². The van der Waals surface area contributed by atoms with Crippen LogP contribution >= 0.6 is 11.8 Å². The van der Waals surface area contributed by atoms with Crippen LogP contribution in [0.4, 0.5) is 0 Å². The van der Waals surface area contributed by atoms with Crippen molar-refractivity contribution in [3.63, 3.8) is 0 Å². The molecule has 2 rings (SSSR count). The molecule has 0 aromatic rings. The Balaban J connectivity index is 1.88. The summed E-state index contributed by atoms with van der Waals surface area (Å²) in [6.07, 6.45) is 6.14. The van der Waals surface area contributed by atoms with Gasteiger partial charge in [-0.25, -0.2) is 0 Å². The summed E-state index contributed by atoms with van der Waals surface area (Å²) in [6.45, 7) is 4.25. The third-order valence-electron chi connectivity index (χ3n) is 3.42. The number of carbonyl (C=O) groups excluding carboxylic acids is 1. The summed E-state index contributed by atoms with van der Waals surface area (Å²) >= 11 is 1.87. The molecule has 86 valence electrons. The van der Waals surface area contributed by atoms with Gasteiger partial charge in [-0.1, -0.05) is 13.3 Å². The Kier molecular flexibility index (Phi) is 3.95. The maximum Gasteiger partial charge on any atom is 0.235 e. The smallest absolute Gasteiger partial charge is 0.235 e. The Morgan fingerprint density at radius 2 is 2.13 bits per heavy atom. The van der Waals surface area contributed by atoms with E-state index in [1.807, 2.05) is 11.8 Å². The summed E-state index contributed by atoms with van der Waals surface area (Å²) in [5.74, 6) is 2.31. The van der Waals surface area contributed by atoms with E-state index < -0.39 is 0 Å². The van der Waals surface area contributed by atoms with Gasteiger partial charge in [-0.15, -0.1) is 11.8 Å². The largest absolute Gasteiger partial charge is 0.341 e. The first-order chi connectivity index (χ1) is 7.27. The summed E-state index contributed by atoms with van der Waals surface area (Å²) in [5, 5.41) is 0.282. The van der Waals surface area contributed by atoms with Gasteiger partial charge in [-0.3, -0.25) is 4.79 Å². The Bertz CT molecular complexity index is 226. The van der Waals surface area contributed by atoms with Gasteiger partial charge in [0.2, 0.25) is 5.91 Å². The molecule has 1 amide bonds. The van der Waals surface area contributed by atoms with E-state index >= 15 is 0 Å². The van der Waals surface area contributed by atoms with Gasteiger partial charge in [0, 0.05) is 13.1 Å². The number of amides is 1. The second kappa shape index (κ2) is 5.24. The molecule has 0 spiro atoms. The lowest BCUT2D eigenvalue weighted by Gasteiger charge is -2.34. The highest BCUT2D eigenvalue weighted by Crippen LogP contribution is 2.28. The van der Waals surface area contributed by atoms with Crippen molar-refractivity contribution in [2.75, 3.05) is 18.8 Å². The van der Waals surface area contributed by atoms with E-state index in [1.165, 1.54) is 31.4 Å². The lowest BCUT2D eigenvalue weighted by atomic mass is 9.99. The molecule has 2 aliphatic rings. The number of likely N-dealkylation sites (tertiary alicyclic amines) is 1. The molecule has 2 fully saturated rings. The molecule has 2 nitrogen and oxygen atoms in total. The molecule has 0 N–H and O–H groups in total. The van der Waals surface area contributed by atoms with Crippen molar-refractivity contribution in [3.05, 3.63) is 0 Å². The maximum absolute atomic E-state index is 12.2. The fourth-order valence-corrected chi connectivity index (χ4v) is 3.81. The van der Waals surface area contributed by atoms with Crippen LogP contribution in [0, 0.1) is 5.92 Å². The molecule has 0 bridgehead atoms. The van der Waals surface area contributed by atoms with Gasteiger partial charge in [0.1, 0.15) is 0 Å². The third kappa shape index (κ3) is 2.90. The highest BCUT2D eigenvalue weighted by molar-refractivity contribution is 8.00. The number of piperidine rings is 1. The van der Waals surface area contributed by atoms with Crippen molar-refractivity contribution < 1.29 is 4.79 Å². The minimum Gasteiger partial charge on any atom is -0.341 e. The molecule has 2 aliphatic heterocycles. The van der Waals surface area contributed by atoms with Gasteiger partial charge in [-0.2, -0.15) is 0 Å². The molecule has 0 aromatic carbocycles. The molecular formula is C12H21NOS. The first-order valence-corrected chi connectivity index (χ1v) is 7.22. The standard InChI is InChI=1S/C12H21NOS/c1-10-5-4-7-13(9-10)12(14)11-6-2-3-8-15-11/h10-11H,2-9H2,1H3. The fraction of sp³-hybridized carbons (Fsp3) is 0.917. The van der Waals surface area contributed by atoms with Crippen LogP contribution in [0.2, 0.25) is 0 Å². The van der Waals surface area contributed by atoms with Gasteiger partial charge in [0.15, 0.2) is 0 Å². The average molecular weight is 227 g/mol. The number of hydrogen-bond donors (Lipinski definition) is 0. The monoisotopic (exact) mass is 227 g/mol. The number of rotatable bonds is 1. The zero-order chi connectivity index (χ0) is 10.7. The molecule has 2 unspecified atom stereocenters. The van der Waals surface area contributed by atoms with E-state index in [0.717, 1.165) is 19.5 Å². The van der Waals surface area contributed by atoms with Crippen LogP contribution in [0.5, 0.6) is 0 Å². The van der Waals surface area contributed by atoms with Gasteiger partial charge in [0.05, 0.1) is 5.25 Å². The fourth-order valence-electron chi connectivity index (χ4n) is 2.53. The molecule has 2 saturated heterocycles. The Hall–Kier alpha value is -0.180. The van der Waals surface area contributed by atoms with E-state index in [1.54, 1.807) is 0 Å². The molecule has 0 aliphatic carbocycles. The van der Waals surface area contributed by atoms with Crippen LogP contribution in [0.3, 0.4) is 0 Å². The molecule has 0 saturated carbocycles. The Morgan fingerprint density at radius 3 is 2.80 bits per heavy atom. The lowest BCUT2D eigenvalue weighted by Crippen LogP contribution is -2.44. The number of hydrogen-bond acceptors (Lipinski definition) is 2. The van der Waals surface area contributed by atoms with Crippen molar-refractivity contribution in [2.45, 2.75) is 44.3 Å². The quantitative estimate of drug-likeness (QED) is 0.686. The van der Waals surface area contributed by atoms with E-state index in [-0.39, 0.29) is 5.25 Å². The van der Waals surface area contributed by atoms with Crippen molar-refractivity contribution in [2.24, 2.45) is 5.92 Å². The molecule has 0 aromatic heterocycles. The van der Waals surface area contributed by atoms with Crippen LogP contribution in [0.25, 0.3) is 0 Å². The minimum atomic E-state index is 0.282. The van der Waals surface area contributed by atoms with Crippen LogP contribution in [-0.4, -0.2) is 34.9 Å². The van der Waals surface area contributed by atoms with Gasteiger partial charge in [-0.05, 0) is 37.4 Å². The van der Waals surface area contributed by atoms with Crippen molar-refractivity contribution in [1.82, 2.24) is 4.90 Å². The predicted molar refractivity (Wildman–Crippen MR) is 65.1 cm³/mol. The average Bonchev–Trinajstić information content (AvgIpc) is 2.29. The van der Waals surface area contributed by atoms with Crippen LogP contribution in [0.15, 0.2) is 0 Å². The SMILES string of the molecule is CC1CCCN(C(=O)C2CCCCS2)C1. The lowest BCUT2D eigenvalue weighted by molar-refractivity contribution is -0.132. The molecule has 2 heterocycles. The maximum atomic E-state index is 12.2. The summed E-state index contributed by atoms with van der Waals surface area (Å²) in [5.41, 5.74) is 0. The number of carbonyl (C=O) groups is 1. The molecule has 3 heteroatoms. The van der Waals surface area contributed by atoms with E-state index in [2.05, 4.69) is 11.8 Å². The zero-order valence-electron chi connectivity index (χ0n) is 9.58. The summed E-state index contributed by atoms with van der Waals surface area (Å²) < 4.78 is 0. The van der Waals surface area contributed by atoms with Crippen molar-refractivity contribution >= 4 is 17.7 Å². The Labute approximate surface area is 96.8 Å². The van der Waals surface area contributed by atoms with Crippen molar-refractivity contribution in [3.8, 4) is 0 Å². The summed E-state index contributed by atoms with van der Waals surface area (Å²) in [6, 6.07) is 0. The molecule has 15 heavy (non-hydrogen) atoms. The van der Waals surface area contributed by atoms with Crippen molar-refractivity contribution in [1.29, 1.82) is 0 Å². The normalized spacial score (nSPS) is 32.7. The van der Waals surface area contributed by atoms with Crippen LogP contribution < -0.4 is 0 Å². The highest BCUT2D eigenvalue weighted by Gasteiger charge is 2.28. The van der Waals surface area contributed by atoms with E-state index in [0.29, 0.717) is 11.8 Å². The van der Waals surface area contributed by atoms with E-state index in [4.69, 9.17) is 0 Å². The van der Waals surface area contributed by atoms with Gasteiger partial charge >= 0.3 is 0 Å². The second-order valence-corrected chi connectivity index (χ2v) is 6.20. The first kappa shape index (κ1) is 11.3. The van der Waals surface area contributed by atoms with Crippen LogP contribution in [0.1, 0.15) is 39.0 Å². The third-order valence-corrected chi connectivity index (χ3v) is 4.79. The van der Waals surface area contributed by atoms with Crippen LogP contribution in [-0.2, 0) is 4.79 Å². The summed E-state index contributed by atoms with van der Waals surface area (Å²) in [7, 11) is 0. The second-order valence-electron chi connectivity index (χ2n) is 4.89.